The summed E-state index contributed by atoms with van der Waals surface area (Å²) < 4.78 is 0. The molecule has 0 heterocycles. The van der Waals surface area contributed by atoms with Crippen LogP contribution in [0.15, 0.2) is 15.0 Å². The molecule has 0 saturated carbocycles. The first kappa shape index (κ1) is 53.9. The number of aliphatic carboxylic acids is 2. The van der Waals surface area contributed by atoms with Crippen LogP contribution in [0.25, 0.3) is 0 Å². The predicted octanol–water partition coefficient (Wildman–Crippen LogP) is -6.26. The first-order chi connectivity index (χ1) is 28.1. The molecule has 0 aromatic rings. The van der Waals surface area contributed by atoms with Crippen LogP contribution in [0.1, 0.15) is 65.2 Å². The number of nitrogens with one attached hydrogen (secondary N) is 6. The Kier molecular flexibility index (Phi) is 26.2. The van der Waals surface area contributed by atoms with Crippen molar-refractivity contribution >= 4 is 77.0 Å². The Hall–Kier alpha value is -6.12. The second-order valence-electron chi connectivity index (χ2n) is 13.4. The van der Waals surface area contributed by atoms with E-state index in [0.29, 0.717) is 5.75 Å². The highest BCUT2D eigenvalue weighted by atomic mass is 32.2. The van der Waals surface area contributed by atoms with E-state index in [9.17, 15) is 48.6 Å². The molecule has 22 N–H and O–H groups in total. The third-order valence-electron chi connectivity index (χ3n) is 8.20. The number of nitrogens with two attached hydrogens (primary N) is 7. The van der Waals surface area contributed by atoms with Crippen molar-refractivity contribution in [1.82, 2.24) is 31.9 Å². The largest absolute Gasteiger partial charge is 0.481 e. The number of hydrogen-bond acceptors (Lipinski definition) is 13. The van der Waals surface area contributed by atoms with Gasteiger partial charge in [-0.2, -0.15) is 11.8 Å². The normalized spacial score (nSPS) is 14.1. The number of thioether (sulfide) groups is 1. The minimum absolute atomic E-state index is 0.000960. The minimum atomic E-state index is -1.78. The van der Waals surface area contributed by atoms with Crippen molar-refractivity contribution in [2.24, 2.45) is 55.1 Å². The van der Waals surface area contributed by atoms with Crippen LogP contribution in [0.5, 0.6) is 0 Å². The van der Waals surface area contributed by atoms with Gasteiger partial charge in [-0.25, -0.2) is 0 Å². The van der Waals surface area contributed by atoms with E-state index in [1.54, 1.807) is 0 Å². The number of carboxylic acid groups (broad SMARTS) is 2. The van der Waals surface area contributed by atoms with E-state index in [1.165, 1.54) is 25.6 Å². The summed E-state index contributed by atoms with van der Waals surface area (Å²) in [5.74, 6) is -8.35. The van der Waals surface area contributed by atoms with Gasteiger partial charge in [0.1, 0.15) is 36.3 Å². The minimum Gasteiger partial charge on any atom is -0.481 e. The Morgan fingerprint density at radius 2 is 0.867 bits per heavy atom. The summed E-state index contributed by atoms with van der Waals surface area (Å²) in [5, 5.41) is 33.2. The number of rotatable bonds is 30. The smallest absolute Gasteiger partial charge is 0.325 e. The molecule has 0 fully saturated rings. The number of amides is 6. The van der Waals surface area contributed by atoms with Gasteiger partial charge in [0.05, 0.1) is 12.5 Å². The van der Waals surface area contributed by atoms with Crippen LogP contribution >= 0.6 is 11.8 Å². The van der Waals surface area contributed by atoms with Gasteiger partial charge < -0.3 is 82.2 Å². The number of carbonyl (C=O) groups is 8. The van der Waals surface area contributed by atoms with Crippen molar-refractivity contribution in [2.75, 3.05) is 31.6 Å². The second kappa shape index (κ2) is 29.1. The molecular formula is C33H62N16O10S. The fourth-order valence-corrected chi connectivity index (χ4v) is 5.44. The fourth-order valence-electron chi connectivity index (χ4n) is 4.95. The van der Waals surface area contributed by atoms with Crippen molar-refractivity contribution in [1.29, 1.82) is 0 Å². The number of carbonyl (C=O) groups excluding carboxylic acids is 6. The zero-order valence-corrected chi connectivity index (χ0v) is 34.8. The van der Waals surface area contributed by atoms with Crippen LogP contribution in [-0.2, 0) is 38.4 Å². The highest BCUT2D eigenvalue weighted by molar-refractivity contribution is 7.98. The highest BCUT2D eigenvalue weighted by Gasteiger charge is 2.33. The zero-order valence-electron chi connectivity index (χ0n) is 34.0. The SMILES string of the molecule is CSCCC(N)C(=O)NC(CCCN=C(N)N)C(=O)NC(CC(=O)O)C(=O)NC(CCCN=C(N)N)C(=O)NC(C)C(=O)NC(CCCN=C(N)N)C(=O)NC(C)C(=O)O. The first-order valence-electron chi connectivity index (χ1n) is 18.8. The van der Waals surface area contributed by atoms with E-state index in [-0.39, 0.29) is 82.5 Å². The average Bonchev–Trinajstić information content (AvgIpc) is 3.15. The lowest BCUT2D eigenvalue weighted by Gasteiger charge is -2.26. The van der Waals surface area contributed by atoms with Gasteiger partial charge in [0.15, 0.2) is 17.9 Å². The first-order valence-corrected chi connectivity index (χ1v) is 20.2. The van der Waals surface area contributed by atoms with Gasteiger partial charge in [-0.05, 0) is 70.8 Å². The second-order valence-corrected chi connectivity index (χ2v) is 14.4. The Morgan fingerprint density at radius 3 is 1.25 bits per heavy atom. The molecule has 7 unspecified atom stereocenters. The molecule has 7 atom stereocenters. The van der Waals surface area contributed by atoms with E-state index >= 15 is 0 Å². The summed E-state index contributed by atoms with van der Waals surface area (Å²) in [6.45, 7) is 2.63. The summed E-state index contributed by atoms with van der Waals surface area (Å²) >= 11 is 1.45. The number of aliphatic imine (C=N–C) groups is 3. The molecule has 0 aromatic heterocycles. The standard InChI is InChI=1S/C33H62N16O10S/c1-16(24(52)46-19(7-4-11-41-31(35)36)27(55)45-17(2)30(58)59)44-26(54)20(8-5-12-42-32(37)38)48-29(57)22(15-23(50)51)49-28(56)21(9-6-13-43-33(39)40)47-25(53)18(34)10-14-60-3/h16-22H,4-15,34H2,1-3H3,(H,44,54)(H,45,55)(H,46,52)(H,47,53)(H,48,57)(H,49,56)(H,50,51)(H,58,59)(H4,35,36,41)(H4,37,38,42)(H4,39,40,43). The third-order valence-corrected chi connectivity index (χ3v) is 8.84. The predicted molar refractivity (Wildman–Crippen MR) is 224 cm³/mol. The van der Waals surface area contributed by atoms with E-state index in [0.717, 1.165) is 0 Å². The van der Waals surface area contributed by atoms with Gasteiger partial charge in [-0.15, -0.1) is 0 Å². The summed E-state index contributed by atoms with van der Waals surface area (Å²) in [6.07, 6.45) is 1.38. The van der Waals surface area contributed by atoms with Crippen LogP contribution in [0.3, 0.4) is 0 Å². The molecule has 6 amide bonds. The molecular weight excluding hydrogens is 813 g/mol. The van der Waals surface area contributed by atoms with Gasteiger partial charge in [-0.1, -0.05) is 0 Å². The fraction of sp³-hybridized carbons (Fsp3) is 0.667. The summed E-state index contributed by atoms with van der Waals surface area (Å²) in [5.41, 5.74) is 38.2. The van der Waals surface area contributed by atoms with Crippen LogP contribution in [0.4, 0.5) is 0 Å². The molecule has 26 nitrogen and oxygen atoms in total. The van der Waals surface area contributed by atoms with Crippen molar-refractivity contribution in [2.45, 2.75) is 108 Å². The summed E-state index contributed by atoms with van der Waals surface area (Å²) in [4.78, 5) is 114. The van der Waals surface area contributed by atoms with Crippen LogP contribution in [0.2, 0.25) is 0 Å². The number of guanidine groups is 3. The molecule has 340 valence electrons. The van der Waals surface area contributed by atoms with Crippen LogP contribution < -0.4 is 72.0 Å². The molecule has 0 radical (unpaired) electrons. The van der Waals surface area contributed by atoms with Gasteiger partial charge >= 0.3 is 11.9 Å². The molecule has 0 rings (SSSR count). The highest BCUT2D eigenvalue weighted by Crippen LogP contribution is 2.07. The third kappa shape index (κ3) is 24.0. The molecule has 0 aliphatic rings. The van der Waals surface area contributed by atoms with E-state index < -0.39 is 96.1 Å². The molecule has 0 spiro atoms. The lowest BCUT2D eigenvalue weighted by atomic mass is 10.1. The molecule has 0 aromatic carbocycles. The number of nitrogens with zero attached hydrogens (tertiary/aromatic N) is 3. The Balaban J connectivity index is 6.30. The van der Waals surface area contributed by atoms with Crippen molar-refractivity contribution < 1.29 is 48.6 Å². The van der Waals surface area contributed by atoms with Crippen LogP contribution in [0, 0.1) is 0 Å². The van der Waals surface area contributed by atoms with Gasteiger partial charge in [-0.3, -0.25) is 53.3 Å². The topological polar surface area (TPSA) is 468 Å². The van der Waals surface area contributed by atoms with Crippen molar-refractivity contribution in [3.8, 4) is 0 Å². The molecule has 0 bridgehead atoms. The van der Waals surface area contributed by atoms with Gasteiger partial charge in [0.25, 0.3) is 0 Å². The maximum absolute atomic E-state index is 13.6. The Morgan fingerprint density at radius 1 is 0.517 bits per heavy atom. The maximum atomic E-state index is 13.6. The number of carboxylic acids is 2. The molecule has 0 aliphatic heterocycles. The Labute approximate surface area is 351 Å². The Bertz CT molecular complexity index is 1550. The molecule has 0 saturated heterocycles. The van der Waals surface area contributed by atoms with Crippen LogP contribution in [-0.4, -0.2) is 149 Å². The average molecular weight is 875 g/mol. The summed E-state index contributed by atoms with van der Waals surface area (Å²) in [6, 6.07) is -9.48. The molecule has 0 aliphatic carbocycles. The quantitative estimate of drug-likeness (QED) is 0.0181. The lowest BCUT2D eigenvalue weighted by molar-refractivity contribution is -0.142. The number of hydrogen-bond donors (Lipinski definition) is 15. The monoisotopic (exact) mass is 874 g/mol. The van der Waals surface area contributed by atoms with Gasteiger partial charge in [0, 0.05) is 19.6 Å². The van der Waals surface area contributed by atoms with E-state index in [2.05, 4.69) is 46.9 Å². The molecule has 27 heteroatoms. The zero-order chi connectivity index (χ0) is 45.9. The molecule has 60 heavy (non-hydrogen) atoms. The van der Waals surface area contributed by atoms with Crippen molar-refractivity contribution in [3.63, 3.8) is 0 Å². The summed E-state index contributed by atoms with van der Waals surface area (Å²) in [7, 11) is 0. The van der Waals surface area contributed by atoms with Gasteiger partial charge in [0.2, 0.25) is 35.4 Å². The van der Waals surface area contributed by atoms with Crippen molar-refractivity contribution in [3.05, 3.63) is 0 Å². The lowest BCUT2D eigenvalue weighted by Crippen LogP contribution is -2.59. The van der Waals surface area contributed by atoms with E-state index in [1.807, 2.05) is 6.26 Å². The maximum Gasteiger partial charge on any atom is 0.325 e. The van der Waals surface area contributed by atoms with E-state index in [4.69, 9.17) is 40.1 Å².